The largest absolute Gasteiger partial charge is 0.481 e. The Balaban J connectivity index is 1.68. The Bertz CT molecular complexity index is 666. The van der Waals surface area contributed by atoms with Gasteiger partial charge in [0.25, 0.3) is 0 Å². The molecule has 0 spiro atoms. The first-order chi connectivity index (χ1) is 11.6. The minimum atomic E-state index is -0.626. The monoisotopic (exact) mass is 340 g/mol. The molecule has 24 heavy (non-hydrogen) atoms. The molecule has 3 atom stereocenters. The molecule has 1 saturated carbocycles. The molecule has 0 heterocycles. The number of aliphatic carboxylic acids is 1. The van der Waals surface area contributed by atoms with Crippen molar-refractivity contribution in [3.8, 4) is 11.1 Å². The molecular formula is C21H24O2S. The molecule has 0 radical (unpaired) electrons. The van der Waals surface area contributed by atoms with Gasteiger partial charge in [-0.1, -0.05) is 67.4 Å². The van der Waals surface area contributed by atoms with Gasteiger partial charge in [0.05, 0.1) is 5.92 Å². The van der Waals surface area contributed by atoms with Gasteiger partial charge >= 0.3 is 5.97 Å². The van der Waals surface area contributed by atoms with Crippen molar-refractivity contribution in [1.29, 1.82) is 0 Å². The van der Waals surface area contributed by atoms with Gasteiger partial charge in [-0.3, -0.25) is 4.79 Å². The van der Waals surface area contributed by atoms with Crippen LogP contribution in [0.1, 0.15) is 43.4 Å². The second-order valence-electron chi connectivity index (χ2n) is 6.53. The van der Waals surface area contributed by atoms with Gasteiger partial charge in [-0.05, 0) is 36.5 Å². The van der Waals surface area contributed by atoms with E-state index in [1.54, 1.807) is 0 Å². The molecule has 126 valence electrons. The van der Waals surface area contributed by atoms with E-state index in [0.29, 0.717) is 5.25 Å². The number of thioether (sulfide) groups is 1. The molecule has 0 amide bonds. The topological polar surface area (TPSA) is 37.3 Å². The first-order valence-corrected chi connectivity index (χ1v) is 9.63. The van der Waals surface area contributed by atoms with Gasteiger partial charge in [0.2, 0.25) is 0 Å². The SMILES string of the molecule is CC(S[C@H]1CCCC[C@@H]1C(=O)O)c1ccc(-c2ccccc2)cc1. The maximum Gasteiger partial charge on any atom is 0.307 e. The van der Waals surface area contributed by atoms with Crippen molar-refractivity contribution in [2.24, 2.45) is 5.92 Å². The molecule has 0 aliphatic heterocycles. The number of benzene rings is 2. The van der Waals surface area contributed by atoms with E-state index in [4.69, 9.17) is 0 Å². The number of rotatable bonds is 5. The Morgan fingerprint density at radius 2 is 1.62 bits per heavy atom. The molecule has 3 rings (SSSR count). The summed E-state index contributed by atoms with van der Waals surface area (Å²) in [5.41, 5.74) is 3.72. The van der Waals surface area contributed by atoms with Crippen LogP contribution in [-0.4, -0.2) is 16.3 Å². The molecule has 1 aliphatic carbocycles. The molecule has 2 nitrogen and oxygen atoms in total. The highest BCUT2D eigenvalue weighted by Gasteiger charge is 2.32. The van der Waals surface area contributed by atoms with Crippen LogP contribution in [0.3, 0.4) is 0 Å². The zero-order chi connectivity index (χ0) is 16.9. The highest BCUT2D eigenvalue weighted by atomic mass is 32.2. The fourth-order valence-corrected chi connectivity index (χ4v) is 5.04. The smallest absolute Gasteiger partial charge is 0.307 e. The third-order valence-corrected chi connectivity index (χ3v) is 6.48. The van der Waals surface area contributed by atoms with E-state index < -0.39 is 5.97 Å². The average molecular weight is 340 g/mol. The average Bonchev–Trinajstić information content (AvgIpc) is 2.63. The Hall–Kier alpha value is -1.74. The molecule has 0 saturated heterocycles. The Kier molecular flexibility index (Phi) is 5.62. The van der Waals surface area contributed by atoms with E-state index in [2.05, 4.69) is 55.5 Å². The third kappa shape index (κ3) is 4.02. The quantitative estimate of drug-likeness (QED) is 0.748. The molecule has 1 unspecified atom stereocenters. The predicted octanol–water partition coefficient (Wildman–Crippen LogP) is 5.79. The number of carbonyl (C=O) groups is 1. The summed E-state index contributed by atoms with van der Waals surface area (Å²) in [7, 11) is 0. The second-order valence-corrected chi connectivity index (χ2v) is 8.12. The van der Waals surface area contributed by atoms with Crippen LogP contribution in [0, 0.1) is 5.92 Å². The summed E-state index contributed by atoms with van der Waals surface area (Å²) in [6, 6.07) is 19.1. The second kappa shape index (κ2) is 7.89. The van der Waals surface area contributed by atoms with Gasteiger partial charge in [0.1, 0.15) is 0 Å². The molecule has 1 fully saturated rings. The lowest BCUT2D eigenvalue weighted by atomic mass is 9.89. The fraction of sp³-hybridized carbons (Fsp3) is 0.381. The summed E-state index contributed by atoms with van der Waals surface area (Å²) in [5.74, 6) is -0.811. The lowest BCUT2D eigenvalue weighted by Gasteiger charge is -2.30. The maximum absolute atomic E-state index is 11.5. The first kappa shape index (κ1) is 17.1. The summed E-state index contributed by atoms with van der Waals surface area (Å²) in [6.45, 7) is 2.19. The molecular weight excluding hydrogens is 316 g/mol. The lowest BCUT2D eigenvalue weighted by molar-refractivity contribution is -0.142. The normalized spacial score (nSPS) is 22.0. The lowest BCUT2D eigenvalue weighted by Crippen LogP contribution is -2.29. The van der Waals surface area contributed by atoms with Crippen molar-refractivity contribution in [3.63, 3.8) is 0 Å². The van der Waals surface area contributed by atoms with Crippen LogP contribution in [0.15, 0.2) is 54.6 Å². The molecule has 2 aromatic rings. The third-order valence-electron chi connectivity index (χ3n) is 4.89. The summed E-state index contributed by atoms with van der Waals surface area (Å²) < 4.78 is 0. The van der Waals surface area contributed by atoms with Crippen LogP contribution in [0.25, 0.3) is 11.1 Å². The van der Waals surface area contributed by atoms with Crippen LogP contribution in [0.4, 0.5) is 0 Å². The van der Waals surface area contributed by atoms with Crippen molar-refractivity contribution in [1.82, 2.24) is 0 Å². The molecule has 2 aromatic carbocycles. The number of carboxylic acids is 1. The van der Waals surface area contributed by atoms with E-state index in [9.17, 15) is 9.90 Å². The van der Waals surface area contributed by atoms with E-state index in [0.717, 1.165) is 25.7 Å². The van der Waals surface area contributed by atoms with E-state index in [1.807, 2.05) is 17.8 Å². The van der Waals surface area contributed by atoms with Gasteiger partial charge < -0.3 is 5.11 Å². The summed E-state index contributed by atoms with van der Waals surface area (Å²) >= 11 is 1.83. The van der Waals surface area contributed by atoms with Crippen LogP contribution in [-0.2, 0) is 4.79 Å². The fourth-order valence-electron chi connectivity index (χ4n) is 3.46. The highest BCUT2D eigenvalue weighted by molar-refractivity contribution is 8.00. The van der Waals surface area contributed by atoms with Gasteiger partial charge in [-0.2, -0.15) is 0 Å². The zero-order valence-electron chi connectivity index (χ0n) is 14.0. The van der Waals surface area contributed by atoms with Crippen molar-refractivity contribution >= 4 is 17.7 Å². The van der Waals surface area contributed by atoms with Gasteiger partial charge in [-0.15, -0.1) is 11.8 Å². The van der Waals surface area contributed by atoms with Crippen LogP contribution < -0.4 is 0 Å². The minimum absolute atomic E-state index is 0.185. The maximum atomic E-state index is 11.5. The van der Waals surface area contributed by atoms with Crippen molar-refractivity contribution in [2.45, 2.75) is 43.1 Å². The number of hydrogen-bond donors (Lipinski definition) is 1. The van der Waals surface area contributed by atoms with Crippen LogP contribution in [0.2, 0.25) is 0 Å². The van der Waals surface area contributed by atoms with Crippen molar-refractivity contribution < 1.29 is 9.90 Å². The standard InChI is InChI=1S/C21H24O2S/c1-15(24-20-10-6-5-9-19(20)21(22)23)16-11-13-18(14-12-16)17-7-3-2-4-8-17/h2-4,7-8,11-15,19-20H,5-6,9-10H2,1H3,(H,22,23)/t15?,19-,20-/m0/s1. The van der Waals surface area contributed by atoms with E-state index in [1.165, 1.54) is 16.7 Å². The molecule has 1 aliphatic rings. The molecule has 1 N–H and O–H groups in total. The van der Waals surface area contributed by atoms with Gasteiger partial charge in [-0.25, -0.2) is 0 Å². The summed E-state index contributed by atoms with van der Waals surface area (Å²) in [6.07, 6.45) is 4.05. The first-order valence-electron chi connectivity index (χ1n) is 8.69. The summed E-state index contributed by atoms with van der Waals surface area (Å²) in [5, 5.41) is 10.00. The predicted molar refractivity (Wildman–Crippen MR) is 101 cm³/mol. The Morgan fingerprint density at radius 1 is 1.00 bits per heavy atom. The zero-order valence-corrected chi connectivity index (χ0v) is 14.8. The Labute approximate surface area is 148 Å². The number of hydrogen-bond acceptors (Lipinski definition) is 2. The van der Waals surface area contributed by atoms with Gasteiger partial charge in [0, 0.05) is 10.5 Å². The molecule has 0 bridgehead atoms. The highest BCUT2D eigenvalue weighted by Crippen LogP contribution is 2.41. The van der Waals surface area contributed by atoms with Crippen LogP contribution in [0.5, 0.6) is 0 Å². The van der Waals surface area contributed by atoms with E-state index in [-0.39, 0.29) is 11.2 Å². The van der Waals surface area contributed by atoms with Gasteiger partial charge in [0.15, 0.2) is 0 Å². The van der Waals surface area contributed by atoms with Crippen molar-refractivity contribution in [2.75, 3.05) is 0 Å². The van der Waals surface area contributed by atoms with Crippen LogP contribution >= 0.6 is 11.8 Å². The number of carboxylic acid groups (broad SMARTS) is 1. The summed E-state index contributed by atoms with van der Waals surface area (Å²) in [4.78, 5) is 11.5. The molecule has 0 aromatic heterocycles. The van der Waals surface area contributed by atoms with Crippen molar-refractivity contribution in [3.05, 3.63) is 60.2 Å². The minimum Gasteiger partial charge on any atom is -0.481 e. The van der Waals surface area contributed by atoms with E-state index >= 15 is 0 Å². The Morgan fingerprint density at radius 3 is 2.29 bits per heavy atom. The molecule has 3 heteroatoms.